The molecule has 54 heavy (non-hydrogen) atoms. The molecule has 0 spiro atoms. The van der Waals surface area contributed by atoms with Gasteiger partial charge in [0.25, 0.3) is 0 Å². The Kier molecular flexibility index (Phi) is 15.0. The highest BCUT2D eigenvalue weighted by atomic mass is 14.9. The Morgan fingerprint density at radius 1 is 0.611 bits per heavy atom. The van der Waals surface area contributed by atoms with Crippen molar-refractivity contribution in [1.29, 1.82) is 0 Å². The van der Waals surface area contributed by atoms with E-state index in [1.807, 2.05) is 18.5 Å². The molecule has 4 nitrogen and oxygen atoms in total. The number of aromatic nitrogens is 2. The van der Waals surface area contributed by atoms with Gasteiger partial charge in [-0.25, -0.2) is 4.57 Å². The van der Waals surface area contributed by atoms with E-state index in [1.54, 1.807) is 0 Å². The highest BCUT2D eigenvalue weighted by Crippen LogP contribution is 2.26. The lowest BCUT2D eigenvalue weighted by Crippen LogP contribution is -2.38. The van der Waals surface area contributed by atoms with Gasteiger partial charge in [-0.1, -0.05) is 119 Å². The van der Waals surface area contributed by atoms with Crippen LogP contribution >= 0.6 is 0 Å². The van der Waals surface area contributed by atoms with Gasteiger partial charge in [0.1, 0.15) is 0 Å². The first-order valence-corrected chi connectivity index (χ1v) is 19.3. The van der Waals surface area contributed by atoms with E-state index in [1.165, 1.54) is 22.4 Å². The minimum absolute atomic E-state index is 0.327. The van der Waals surface area contributed by atoms with Gasteiger partial charge in [0, 0.05) is 60.8 Å². The van der Waals surface area contributed by atoms with Crippen LogP contribution in [-0.2, 0) is 13.0 Å². The molecule has 0 aliphatic rings. The number of rotatable bonds is 16. The second-order valence-electron chi connectivity index (χ2n) is 14.3. The zero-order valence-corrected chi connectivity index (χ0v) is 32.9. The van der Waals surface area contributed by atoms with Gasteiger partial charge in [-0.2, -0.15) is 4.57 Å². The molecule has 0 radical (unpaired) electrons. The topological polar surface area (TPSA) is 32.5 Å². The van der Waals surface area contributed by atoms with E-state index in [0.29, 0.717) is 17.8 Å². The van der Waals surface area contributed by atoms with E-state index >= 15 is 0 Å². The summed E-state index contributed by atoms with van der Waals surface area (Å²) >= 11 is 0. The SMILES string of the molecule is C\C=C/C(=C\C=N\c1ccccc1C(C)C)c1cc[n+](CC(C/N=C/C=C(\C=C/C)c2cc[n+](-c3ccccc3C(C)C)cc2)Cc2ccccc2)cc1. The molecule has 0 N–H and O–H groups in total. The molecule has 5 aromatic rings. The molecule has 0 fully saturated rings. The molecule has 4 heteroatoms. The number of allylic oxidation sites excluding steroid dienone is 8. The van der Waals surface area contributed by atoms with Crippen LogP contribution in [0, 0.1) is 5.92 Å². The van der Waals surface area contributed by atoms with Crippen LogP contribution in [0.1, 0.15) is 81.2 Å². The molecule has 5 rings (SSSR count). The van der Waals surface area contributed by atoms with Crippen molar-refractivity contribution in [3.05, 3.63) is 192 Å². The summed E-state index contributed by atoms with van der Waals surface area (Å²) in [7, 11) is 0. The van der Waals surface area contributed by atoms with Gasteiger partial charge in [-0.3, -0.25) is 9.98 Å². The minimum Gasteiger partial charge on any atom is -0.293 e. The third kappa shape index (κ3) is 11.4. The fraction of sp³-hybridized carbons (Fsp3) is 0.240. The average molecular weight is 713 g/mol. The Labute approximate surface area is 324 Å². The first-order chi connectivity index (χ1) is 26.4. The van der Waals surface area contributed by atoms with Crippen molar-refractivity contribution in [1.82, 2.24) is 0 Å². The van der Waals surface area contributed by atoms with Gasteiger partial charge in [0.05, 0.1) is 5.69 Å². The van der Waals surface area contributed by atoms with Crippen LogP contribution in [-0.4, -0.2) is 19.0 Å². The van der Waals surface area contributed by atoms with Crippen LogP contribution in [0.4, 0.5) is 5.69 Å². The molecule has 0 saturated heterocycles. The average Bonchev–Trinajstić information content (AvgIpc) is 3.19. The maximum atomic E-state index is 4.97. The molecule has 0 aliphatic carbocycles. The van der Waals surface area contributed by atoms with Crippen LogP contribution in [0.15, 0.2) is 174 Å². The summed E-state index contributed by atoms with van der Waals surface area (Å²) in [5.74, 6) is 1.20. The first-order valence-electron chi connectivity index (χ1n) is 19.3. The van der Waals surface area contributed by atoms with E-state index in [9.17, 15) is 0 Å². The molecule has 1 unspecified atom stereocenters. The van der Waals surface area contributed by atoms with E-state index in [4.69, 9.17) is 9.98 Å². The molecule has 3 aromatic carbocycles. The molecular weight excluding hydrogens is 657 g/mol. The number of hydrogen-bond donors (Lipinski definition) is 0. The summed E-state index contributed by atoms with van der Waals surface area (Å²) in [5, 5.41) is 0. The van der Waals surface area contributed by atoms with Gasteiger partial charge in [-0.05, 0) is 83.7 Å². The Hall–Kier alpha value is -5.74. The highest BCUT2D eigenvalue weighted by molar-refractivity contribution is 5.90. The number of benzene rings is 3. The molecule has 2 heterocycles. The summed E-state index contributed by atoms with van der Waals surface area (Å²) in [6.45, 7) is 14.6. The van der Waals surface area contributed by atoms with E-state index in [0.717, 1.165) is 47.5 Å². The van der Waals surface area contributed by atoms with Crippen molar-refractivity contribution in [3.63, 3.8) is 0 Å². The van der Waals surface area contributed by atoms with E-state index < -0.39 is 0 Å². The summed E-state index contributed by atoms with van der Waals surface area (Å²) in [6, 6.07) is 36.5. The van der Waals surface area contributed by atoms with Gasteiger partial charge < -0.3 is 0 Å². The van der Waals surface area contributed by atoms with Crippen molar-refractivity contribution in [2.24, 2.45) is 15.9 Å². The number of hydrogen-bond acceptors (Lipinski definition) is 2. The van der Waals surface area contributed by atoms with Crippen LogP contribution < -0.4 is 9.13 Å². The maximum absolute atomic E-state index is 4.97. The predicted molar refractivity (Wildman–Crippen MR) is 230 cm³/mol. The number of aliphatic imine (C=N–C) groups is 2. The minimum atomic E-state index is 0.327. The van der Waals surface area contributed by atoms with Crippen molar-refractivity contribution >= 4 is 29.3 Å². The highest BCUT2D eigenvalue weighted by Gasteiger charge is 2.17. The third-order valence-electron chi connectivity index (χ3n) is 9.50. The Balaban J connectivity index is 1.30. The normalized spacial score (nSPS) is 13.4. The molecule has 2 aromatic heterocycles. The van der Waals surface area contributed by atoms with Crippen LogP contribution in [0.5, 0.6) is 0 Å². The quantitative estimate of drug-likeness (QED) is 0.0554. The molecule has 1 atom stereocenters. The number of nitrogens with zero attached hydrogens (tertiary/aromatic N) is 4. The second-order valence-corrected chi connectivity index (χ2v) is 14.3. The fourth-order valence-corrected chi connectivity index (χ4v) is 6.68. The second kappa shape index (κ2) is 20.5. The van der Waals surface area contributed by atoms with Crippen LogP contribution in [0.2, 0.25) is 0 Å². The third-order valence-corrected chi connectivity index (χ3v) is 9.50. The van der Waals surface area contributed by atoms with E-state index in [-0.39, 0.29) is 0 Å². The van der Waals surface area contributed by atoms with Gasteiger partial charge in [0.2, 0.25) is 5.69 Å². The standard InChI is InChI=1S/C50H56N4/c1-7-16-43(46-28-34-54(35-29-46)50-23-15-13-21-48(50)40(5)6)24-30-51-37-42(36-41-18-10-9-11-19-41)38-53-32-26-45(27-33-53)44(17-8-2)25-31-52-49-22-14-12-20-47(49)39(3)4/h7-35,39-40,42H,36-38H2,1-6H3/q+2/b16-7-,17-8-,43-24+,44-25+,51-30+,52-31+. The maximum Gasteiger partial charge on any atom is 0.214 e. The van der Waals surface area contributed by atoms with Crippen LogP contribution in [0.25, 0.3) is 16.8 Å². The molecular formula is C50H56N4+2. The van der Waals surface area contributed by atoms with Crippen molar-refractivity contribution in [3.8, 4) is 5.69 Å². The molecule has 274 valence electrons. The smallest absolute Gasteiger partial charge is 0.214 e. The summed E-state index contributed by atoms with van der Waals surface area (Å²) in [6.07, 6.45) is 26.2. The molecule has 0 saturated carbocycles. The Bertz CT molecular complexity index is 2090. The predicted octanol–water partition coefficient (Wildman–Crippen LogP) is 11.4. The Morgan fingerprint density at radius 2 is 1.17 bits per heavy atom. The van der Waals surface area contributed by atoms with Crippen molar-refractivity contribution in [2.45, 2.75) is 66.3 Å². The van der Waals surface area contributed by atoms with Crippen LogP contribution in [0.3, 0.4) is 0 Å². The van der Waals surface area contributed by atoms with Crippen molar-refractivity contribution < 1.29 is 9.13 Å². The molecule has 0 aliphatic heterocycles. The zero-order chi connectivity index (χ0) is 38.1. The lowest BCUT2D eigenvalue weighted by Gasteiger charge is -2.12. The largest absolute Gasteiger partial charge is 0.293 e. The number of para-hydroxylation sites is 2. The Morgan fingerprint density at radius 3 is 1.80 bits per heavy atom. The van der Waals surface area contributed by atoms with Gasteiger partial charge in [0.15, 0.2) is 31.3 Å². The molecule has 0 amide bonds. The van der Waals surface area contributed by atoms with E-state index in [2.05, 4.69) is 209 Å². The lowest BCUT2D eigenvalue weighted by molar-refractivity contribution is -0.703. The monoisotopic (exact) mass is 712 g/mol. The van der Waals surface area contributed by atoms with Crippen molar-refractivity contribution in [2.75, 3.05) is 6.54 Å². The summed E-state index contributed by atoms with van der Waals surface area (Å²) < 4.78 is 4.49. The fourth-order valence-electron chi connectivity index (χ4n) is 6.68. The zero-order valence-electron chi connectivity index (χ0n) is 32.9. The summed E-state index contributed by atoms with van der Waals surface area (Å²) in [4.78, 5) is 9.77. The molecule has 0 bridgehead atoms. The number of pyridine rings is 2. The summed E-state index contributed by atoms with van der Waals surface area (Å²) in [5.41, 5.74) is 10.7. The van der Waals surface area contributed by atoms with Gasteiger partial charge in [-0.15, -0.1) is 0 Å². The lowest BCUT2D eigenvalue weighted by atomic mass is 9.99. The first kappa shape index (κ1) is 39.5. The van der Waals surface area contributed by atoms with Gasteiger partial charge >= 0.3 is 0 Å².